The van der Waals surface area contributed by atoms with Crippen LogP contribution >= 0.6 is 22.7 Å². The zero-order valence-electron chi connectivity index (χ0n) is 11.6. The van der Waals surface area contributed by atoms with Crippen LogP contribution in [0.25, 0.3) is 31.9 Å². The number of hydrogen-bond donors (Lipinski definition) is 0. The predicted octanol–water partition coefficient (Wildman–Crippen LogP) is 4.76. The first kappa shape index (κ1) is 13.4. The van der Waals surface area contributed by atoms with Gasteiger partial charge in [-0.25, -0.2) is 0 Å². The Morgan fingerprint density at radius 2 is 1.29 bits per heavy atom. The molecule has 5 heteroatoms. The third kappa shape index (κ3) is 2.30. The van der Waals surface area contributed by atoms with E-state index in [1.807, 2.05) is 0 Å². The molecule has 0 spiro atoms. The van der Waals surface area contributed by atoms with Gasteiger partial charge in [0.25, 0.3) is 0 Å². The third-order valence-electron chi connectivity index (χ3n) is 3.41. The van der Waals surface area contributed by atoms with E-state index in [4.69, 9.17) is 0 Å². The Kier molecular flexibility index (Phi) is 3.31. The van der Waals surface area contributed by atoms with Crippen molar-refractivity contribution in [2.75, 3.05) is 0 Å². The van der Waals surface area contributed by atoms with Gasteiger partial charge in [-0.3, -0.25) is 0 Å². The molecule has 0 saturated heterocycles. The van der Waals surface area contributed by atoms with Gasteiger partial charge >= 0.3 is 138 Å². The van der Waals surface area contributed by atoms with Gasteiger partial charge in [0.15, 0.2) is 0 Å². The Balaban J connectivity index is 1.96. The van der Waals surface area contributed by atoms with Crippen LogP contribution in [0.15, 0.2) is 35.0 Å². The summed E-state index contributed by atoms with van der Waals surface area (Å²) in [6, 6.07) is 8.87. The quantitative estimate of drug-likeness (QED) is 0.472. The summed E-state index contributed by atoms with van der Waals surface area (Å²) in [7, 11) is 0. The summed E-state index contributed by atoms with van der Waals surface area (Å²) in [5.74, 6) is 0. The molecule has 3 heterocycles. The summed E-state index contributed by atoms with van der Waals surface area (Å²) in [5.41, 5.74) is 7.23. The average Bonchev–Trinajstić information content (AvgIpc) is 3.18. The summed E-state index contributed by atoms with van der Waals surface area (Å²) in [6.45, 7) is 4.27. The molecule has 21 heavy (non-hydrogen) atoms. The van der Waals surface area contributed by atoms with E-state index in [2.05, 4.69) is 56.8 Å². The predicted molar refractivity (Wildman–Crippen MR) is 92.6 cm³/mol. The molecule has 2 nitrogen and oxygen atoms in total. The van der Waals surface area contributed by atoms with Crippen molar-refractivity contribution in [2.45, 2.75) is 13.8 Å². The average molecular weight is 375 g/mol. The van der Waals surface area contributed by atoms with Gasteiger partial charge in [0.2, 0.25) is 0 Å². The number of benzene rings is 1. The van der Waals surface area contributed by atoms with E-state index in [-0.39, 0.29) is 15.0 Å². The molecular weight excluding hydrogens is 363 g/mol. The monoisotopic (exact) mass is 376 g/mol. The molecule has 0 fully saturated rings. The van der Waals surface area contributed by atoms with Crippen LogP contribution in [-0.2, 0) is 0 Å². The minimum atomic E-state index is -0.00814. The zero-order valence-corrected chi connectivity index (χ0v) is 14.9. The molecule has 0 unspecified atom stereocenters. The van der Waals surface area contributed by atoms with Crippen LogP contribution in [0.4, 0.5) is 0 Å². The number of fused-ring (bicyclic) bond motifs is 1. The molecule has 0 saturated carbocycles. The fourth-order valence-electron chi connectivity index (χ4n) is 2.41. The SMILES string of the molecule is Cc1csc(-c2ccc(-c3cc(C)cs3)c3n[se]nc23)c1. The number of rotatable bonds is 2. The molecule has 1 aromatic carbocycles. The van der Waals surface area contributed by atoms with E-state index >= 15 is 0 Å². The van der Waals surface area contributed by atoms with Gasteiger partial charge < -0.3 is 0 Å². The summed E-state index contributed by atoms with van der Waals surface area (Å²) in [6.07, 6.45) is 0. The van der Waals surface area contributed by atoms with Crippen molar-refractivity contribution >= 4 is 48.7 Å². The van der Waals surface area contributed by atoms with Crippen LogP contribution < -0.4 is 0 Å². The number of thiophene rings is 2. The first-order valence-electron chi connectivity index (χ1n) is 6.58. The van der Waals surface area contributed by atoms with E-state index < -0.39 is 0 Å². The van der Waals surface area contributed by atoms with Crippen molar-refractivity contribution in [2.24, 2.45) is 0 Å². The second-order valence-electron chi connectivity index (χ2n) is 5.10. The van der Waals surface area contributed by atoms with Crippen LogP contribution in [0.2, 0.25) is 0 Å². The van der Waals surface area contributed by atoms with Crippen molar-refractivity contribution in [1.82, 2.24) is 7.96 Å². The van der Waals surface area contributed by atoms with E-state index in [9.17, 15) is 0 Å². The van der Waals surface area contributed by atoms with Crippen molar-refractivity contribution < 1.29 is 0 Å². The zero-order chi connectivity index (χ0) is 14.4. The first-order chi connectivity index (χ1) is 10.2. The molecule has 0 radical (unpaired) electrons. The fraction of sp³-hybridized carbons (Fsp3) is 0.125. The minimum absolute atomic E-state index is 0.00814. The van der Waals surface area contributed by atoms with Gasteiger partial charge in [-0.1, -0.05) is 0 Å². The Labute approximate surface area is 137 Å². The Morgan fingerprint density at radius 3 is 1.67 bits per heavy atom. The van der Waals surface area contributed by atoms with Gasteiger partial charge in [0, 0.05) is 0 Å². The van der Waals surface area contributed by atoms with Gasteiger partial charge in [-0.2, -0.15) is 0 Å². The van der Waals surface area contributed by atoms with E-state index in [0.29, 0.717) is 0 Å². The third-order valence-corrected chi connectivity index (χ3v) is 6.68. The molecule has 0 bridgehead atoms. The molecule has 0 amide bonds. The molecule has 104 valence electrons. The number of aryl methyl sites for hydroxylation is 2. The van der Waals surface area contributed by atoms with E-state index in [1.165, 1.54) is 32.0 Å². The van der Waals surface area contributed by atoms with Gasteiger partial charge in [-0.15, -0.1) is 0 Å². The number of hydrogen-bond acceptors (Lipinski definition) is 4. The second kappa shape index (κ2) is 5.18. The van der Waals surface area contributed by atoms with Crippen molar-refractivity contribution in [1.29, 1.82) is 0 Å². The maximum absolute atomic E-state index is 4.68. The Hall–Kier alpha value is -1.26. The van der Waals surface area contributed by atoms with Crippen molar-refractivity contribution in [3.8, 4) is 20.9 Å². The molecule has 4 aromatic rings. The topological polar surface area (TPSA) is 25.8 Å². The van der Waals surface area contributed by atoms with Crippen LogP contribution in [0.1, 0.15) is 11.1 Å². The van der Waals surface area contributed by atoms with Crippen LogP contribution in [0.3, 0.4) is 0 Å². The normalized spacial score (nSPS) is 11.3. The number of nitrogens with zero attached hydrogens (tertiary/aromatic N) is 2. The first-order valence-corrected chi connectivity index (χ1v) is 9.88. The molecule has 0 aliphatic heterocycles. The van der Waals surface area contributed by atoms with Crippen molar-refractivity contribution in [3.05, 3.63) is 46.2 Å². The molecule has 0 atom stereocenters. The fourth-order valence-corrected chi connectivity index (χ4v) is 5.47. The Bertz CT molecular complexity index is 858. The summed E-state index contributed by atoms with van der Waals surface area (Å²) in [4.78, 5) is 2.57. The molecule has 0 N–H and O–H groups in total. The summed E-state index contributed by atoms with van der Waals surface area (Å²) in [5, 5.41) is 4.38. The standard InChI is InChI=1S/C16H12N2S2Se/c1-9-5-13(19-7-9)11-3-4-12(14-6-10(2)8-20-14)16-15(11)17-21-18-16/h3-8H,1-2H3. The Morgan fingerprint density at radius 1 is 0.810 bits per heavy atom. The number of aromatic nitrogens is 2. The molecule has 4 rings (SSSR count). The maximum atomic E-state index is 4.68. The van der Waals surface area contributed by atoms with E-state index in [1.54, 1.807) is 22.7 Å². The summed E-state index contributed by atoms with van der Waals surface area (Å²) < 4.78 is 9.37. The van der Waals surface area contributed by atoms with Gasteiger partial charge in [-0.05, 0) is 0 Å². The van der Waals surface area contributed by atoms with E-state index in [0.717, 1.165) is 11.0 Å². The summed E-state index contributed by atoms with van der Waals surface area (Å²) >= 11 is 3.56. The van der Waals surface area contributed by atoms with Crippen LogP contribution in [0, 0.1) is 13.8 Å². The van der Waals surface area contributed by atoms with Crippen LogP contribution in [-0.4, -0.2) is 22.9 Å². The van der Waals surface area contributed by atoms with Gasteiger partial charge in [0.1, 0.15) is 0 Å². The molecule has 3 aromatic heterocycles. The van der Waals surface area contributed by atoms with Crippen LogP contribution in [0.5, 0.6) is 0 Å². The molecule has 0 aliphatic carbocycles. The van der Waals surface area contributed by atoms with Crippen molar-refractivity contribution in [3.63, 3.8) is 0 Å². The van der Waals surface area contributed by atoms with Gasteiger partial charge in [0.05, 0.1) is 0 Å². The molecular formula is C16H12N2S2Se. The molecule has 0 aliphatic rings. The second-order valence-corrected chi connectivity index (χ2v) is 8.03.